The molecule has 0 unspecified atom stereocenters. The van der Waals surface area contributed by atoms with E-state index in [1.807, 2.05) is 0 Å². The monoisotopic (exact) mass is 256 g/mol. The van der Waals surface area contributed by atoms with Crippen LogP contribution in [0.4, 0.5) is 5.69 Å². The van der Waals surface area contributed by atoms with Gasteiger partial charge in [0.25, 0.3) is 0 Å². The standard InChI is InChI=1S/C15H20N4/c1-11-17-14-10-16-9-8-15(14)19(11)13-6-4-12(5-7-13)18(2)3/h4-7,16H,8-10H2,1-3H3. The van der Waals surface area contributed by atoms with Crippen molar-refractivity contribution in [2.24, 2.45) is 0 Å². The van der Waals surface area contributed by atoms with Crippen LogP contribution in [0.3, 0.4) is 0 Å². The molecular formula is C15H20N4. The molecule has 0 radical (unpaired) electrons. The molecule has 2 heterocycles. The van der Waals surface area contributed by atoms with Crippen LogP contribution in [0, 0.1) is 6.92 Å². The molecular weight excluding hydrogens is 236 g/mol. The lowest BCUT2D eigenvalue weighted by atomic mass is 10.1. The van der Waals surface area contributed by atoms with Crippen molar-refractivity contribution < 1.29 is 0 Å². The van der Waals surface area contributed by atoms with Crippen molar-refractivity contribution in [1.29, 1.82) is 0 Å². The van der Waals surface area contributed by atoms with Gasteiger partial charge in [-0.15, -0.1) is 0 Å². The molecule has 0 spiro atoms. The molecule has 2 aromatic rings. The highest BCUT2D eigenvalue weighted by atomic mass is 15.1. The van der Waals surface area contributed by atoms with Gasteiger partial charge >= 0.3 is 0 Å². The van der Waals surface area contributed by atoms with E-state index in [0.29, 0.717) is 0 Å². The third kappa shape index (κ3) is 2.12. The topological polar surface area (TPSA) is 33.1 Å². The Balaban J connectivity index is 2.04. The van der Waals surface area contributed by atoms with E-state index in [-0.39, 0.29) is 0 Å². The second-order valence-corrected chi connectivity index (χ2v) is 5.23. The second-order valence-electron chi connectivity index (χ2n) is 5.23. The maximum Gasteiger partial charge on any atom is 0.110 e. The molecule has 0 aliphatic carbocycles. The molecule has 0 bridgehead atoms. The van der Waals surface area contributed by atoms with Crippen molar-refractivity contribution >= 4 is 5.69 Å². The van der Waals surface area contributed by atoms with Gasteiger partial charge in [0.15, 0.2) is 0 Å². The van der Waals surface area contributed by atoms with Crippen LogP contribution in [0.2, 0.25) is 0 Å². The number of nitrogens with zero attached hydrogens (tertiary/aromatic N) is 3. The van der Waals surface area contributed by atoms with Crippen molar-refractivity contribution in [3.63, 3.8) is 0 Å². The van der Waals surface area contributed by atoms with Crippen LogP contribution in [0.25, 0.3) is 5.69 Å². The fourth-order valence-electron chi connectivity index (χ4n) is 2.69. The zero-order valence-electron chi connectivity index (χ0n) is 11.8. The molecule has 1 N–H and O–H groups in total. The van der Waals surface area contributed by atoms with Crippen molar-refractivity contribution in [2.45, 2.75) is 19.9 Å². The molecule has 19 heavy (non-hydrogen) atoms. The van der Waals surface area contributed by atoms with Gasteiger partial charge in [-0.05, 0) is 31.2 Å². The molecule has 4 heteroatoms. The van der Waals surface area contributed by atoms with Crippen molar-refractivity contribution in [2.75, 3.05) is 25.5 Å². The minimum absolute atomic E-state index is 0.888. The first-order valence-corrected chi connectivity index (χ1v) is 6.72. The molecule has 0 amide bonds. The van der Waals surface area contributed by atoms with E-state index < -0.39 is 0 Å². The number of imidazole rings is 1. The SMILES string of the molecule is Cc1nc2c(n1-c1ccc(N(C)C)cc1)CCNC2. The summed E-state index contributed by atoms with van der Waals surface area (Å²) in [5.74, 6) is 1.08. The predicted molar refractivity (Wildman–Crippen MR) is 78.0 cm³/mol. The lowest BCUT2D eigenvalue weighted by Gasteiger charge is -2.17. The number of anilines is 1. The number of benzene rings is 1. The van der Waals surface area contributed by atoms with E-state index in [9.17, 15) is 0 Å². The Hall–Kier alpha value is -1.81. The van der Waals surface area contributed by atoms with E-state index in [1.165, 1.54) is 22.8 Å². The number of aromatic nitrogens is 2. The van der Waals surface area contributed by atoms with Gasteiger partial charge in [0.2, 0.25) is 0 Å². The Bertz CT molecular complexity index is 581. The summed E-state index contributed by atoms with van der Waals surface area (Å²) in [4.78, 5) is 6.79. The summed E-state index contributed by atoms with van der Waals surface area (Å²) in [6, 6.07) is 8.66. The molecule has 0 fully saturated rings. The normalized spacial score (nSPS) is 14.3. The van der Waals surface area contributed by atoms with Crippen LogP contribution >= 0.6 is 0 Å². The maximum atomic E-state index is 4.68. The summed E-state index contributed by atoms with van der Waals surface area (Å²) in [5.41, 5.74) is 4.98. The lowest BCUT2D eigenvalue weighted by Crippen LogP contribution is -2.24. The molecule has 1 aromatic heterocycles. The van der Waals surface area contributed by atoms with Gasteiger partial charge in [-0.3, -0.25) is 0 Å². The first-order valence-electron chi connectivity index (χ1n) is 6.72. The van der Waals surface area contributed by atoms with Gasteiger partial charge in [-0.25, -0.2) is 4.98 Å². The third-order valence-corrected chi connectivity index (χ3v) is 3.68. The van der Waals surface area contributed by atoms with Gasteiger partial charge in [0, 0.05) is 50.7 Å². The number of nitrogens with one attached hydrogen (secondary N) is 1. The van der Waals surface area contributed by atoms with Crippen LogP contribution in [0.15, 0.2) is 24.3 Å². The average molecular weight is 256 g/mol. The Kier molecular flexibility index (Phi) is 3.03. The van der Waals surface area contributed by atoms with Crippen LogP contribution in [-0.4, -0.2) is 30.2 Å². The Morgan fingerprint density at radius 3 is 2.63 bits per heavy atom. The summed E-state index contributed by atoms with van der Waals surface area (Å²) in [6.07, 6.45) is 1.05. The minimum atomic E-state index is 0.888. The number of aryl methyl sites for hydroxylation is 1. The van der Waals surface area contributed by atoms with E-state index in [4.69, 9.17) is 0 Å². The van der Waals surface area contributed by atoms with Crippen LogP contribution in [-0.2, 0) is 13.0 Å². The van der Waals surface area contributed by atoms with Crippen LogP contribution in [0.1, 0.15) is 17.2 Å². The maximum absolute atomic E-state index is 4.68. The lowest BCUT2D eigenvalue weighted by molar-refractivity contribution is 0.620. The van der Waals surface area contributed by atoms with E-state index >= 15 is 0 Å². The van der Waals surface area contributed by atoms with Gasteiger partial charge in [-0.2, -0.15) is 0 Å². The molecule has 0 atom stereocenters. The van der Waals surface area contributed by atoms with E-state index in [0.717, 1.165) is 25.3 Å². The zero-order valence-corrected chi connectivity index (χ0v) is 11.8. The van der Waals surface area contributed by atoms with E-state index in [1.54, 1.807) is 0 Å². The first kappa shape index (κ1) is 12.2. The molecule has 3 rings (SSSR count). The Morgan fingerprint density at radius 2 is 1.95 bits per heavy atom. The molecule has 100 valence electrons. The summed E-state index contributed by atoms with van der Waals surface area (Å²) in [6.45, 7) is 4.01. The molecule has 0 saturated carbocycles. The summed E-state index contributed by atoms with van der Waals surface area (Å²) in [5, 5.41) is 3.37. The minimum Gasteiger partial charge on any atom is -0.378 e. The molecule has 1 aliphatic heterocycles. The van der Waals surface area contributed by atoms with Crippen LogP contribution in [0.5, 0.6) is 0 Å². The largest absolute Gasteiger partial charge is 0.378 e. The molecule has 1 aromatic carbocycles. The van der Waals surface area contributed by atoms with Crippen molar-refractivity contribution in [1.82, 2.24) is 14.9 Å². The van der Waals surface area contributed by atoms with Gasteiger partial charge in [0.1, 0.15) is 5.82 Å². The fourth-order valence-corrected chi connectivity index (χ4v) is 2.69. The smallest absolute Gasteiger partial charge is 0.110 e. The van der Waals surface area contributed by atoms with Crippen molar-refractivity contribution in [3.05, 3.63) is 41.5 Å². The number of rotatable bonds is 2. The highest BCUT2D eigenvalue weighted by Gasteiger charge is 2.18. The van der Waals surface area contributed by atoms with Crippen LogP contribution < -0.4 is 10.2 Å². The summed E-state index contributed by atoms with van der Waals surface area (Å²) >= 11 is 0. The van der Waals surface area contributed by atoms with Gasteiger partial charge < -0.3 is 14.8 Å². The van der Waals surface area contributed by atoms with E-state index in [2.05, 4.69) is 65.1 Å². The number of fused-ring (bicyclic) bond motifs is 1. The number of hydrogen-bond acceptors (Lipinski definition) is 3. The van der Waals surface area contributed by atoms with Crippen molar-refractivity contribution in [3.8, 4) is 5.69 Å². The Labute approximate surface area is 114 Å². The Morgan fingerprint density at radius 1 is 1.21 bits per heavy atom. The number of hydrogen-bond donors (Lipinski definition) is 1. The molecule has 4 nitrogen and oxygen atoms in total. The summed E-state index contributed by atoms with van der Waals surface area (Å²) < 4.78 is 2.29. The van der Waals surface area contributed by atoms with Gasteiger partial charge in [-0.1, -0.05) is 0 Å². The second kappa shape index (κ2) is 4.70. The van der Waals surface area contributed by atoms with Gasteiger partial charge in [0.05, 0.1) is 5.69 Å². The predicted octanol–water partition coefficient (Wildman–Crippen LogP) is 1.89. The highest BCUT2D eigenvalue weighted by Crippen LogP contribution is 2.22. The first-order chi connectivity index (χ1) is 9.16. The summed E-state index contributed by atoms with van der Waals surface area (Å²) in [7, 11) is 4.12. The fraction of sp³-hybridized carbons (Fsp3) is 0.400. The molecule has 1 aliphatic rings. The average Bonchev–Trinajstić information content (AvgIpc) is 2.74. The quantitative estimate of drug-likeness (QED) is 0.891. The zero-order chi connectivity index (χ0) is 13.4. The highest BCUT2D eigenvalue weighted by molar-refractivity contribution is 5.51. The molecule has 0 saturated heterocycles. The third-order valence-electron chi connectivity index (χ3n) is 3.68.